The Labute approximate surface area is 362 Å². The van der Waals surface area contributed by atoms with Gasteiger partial charge in [0.05, 0.1) is 5.41 Å². The van der Waals surface area contributed by atoms with Gasteiger partial charge in [0, 0.05) is 17.1 Å². The van der Waals surface area contributed by atoms with Crippen LogP contribution in [-0.2, 0) is 5.41 Å². The summed E-state index contributed by atoms with van der Waals surface area (Å²) in [6.07, 6.45) is 0. The van der Waals surface area contributed by atoms with E-state index in [0.29, 0.717) is 0 Å². The molecule has 0 saturated carbocycles. The minimum absolute atomic E-state index is 0.450. The summed E-state index contributed by atoms with van der Waals surface area (Å²) in [5.74, 6) is 0. The lowest BCUT2D eigenvalue weighted by atomic mass is 9.68. The molecule has 0 heterocycles. The lowest BCUT2D eigenvalue weighted by Gasteiger charge is -2.34. The van der Waals surface area contributed by atoms with Crippen LogP contribution in [0.5, 0.6) is 0 Å². The summed E-state index contributed by atoms with van der Waals surface area (Å²) in [6, 6.07) is 91.5. The molecule has 1 nitrogen and oxygen atoms in total. The number of hydrogen-bond acceptors (Lipinski definition) is 1. The highest BCUT2D eigenvalue weighted by molar-refractivity contribution is 6.25. The first-order chi connectivity index (χ1) is 30.8. The summed E-state index contributed by atoms with van der Waals surface area (Å²) in [5.41, 5.74) is 15.3. The molecule has 290 valence electrons. The molecule has 0 aliphatic heterocycles. The van der Waals surface area contributed by atoms with Crippen LogP contribution in [0.2, 0.25) is 0 Å². The van der Waals surface area contributed by atoms with Crippen molar-refractivity contribution >= 4 is 49.4 Å². The second-order valence-electron chi connectivity index (χ2n) is 16.4. The van der Waals surface area contributed by atoms with Crippen LogP contribution < -0.4 is 4.90 Å². The smallest absolute Gasteiger partial charge is 0.0713 e. The Kier molecular flexibility index (Phi) is 8.47. The molecule has 11 aromatic rings. The highest BCUT2D eigenvalue weighted by Crippen LogP contribution is 2.57. The van der Waals surface area contributed by atoms with Gasteiger partial charge in [0.2, 0.25) is 0 Å². The lowest BCUT2D eigenvalue weighted by Crippen LogP contribution is -2.28. The fourth-order valence-electron chi connectivity index (χ4n) is 10.3. The normalized spacial score (nSPS) is 12.6. The molecule has 0 spiro atoms. The van der Waals surface area contributed by atoms with Crippen molar-refractivity contribution in [2.24, 2.45) is 0 Å². The molecule has 0 radical (unpaired) electrons. The van der Waals surface area contributed by atoms with E-state index in [1.165, 1.54) is 88.0 Å². The molecule has 1 heteroatoms. The fraction of sp³-hybridized carbons (Fsp3) is 0.0164. The summed E-state index contributed by atoms with van der Waals surface area (Å²) in [4.78, 5) is 2.41. The molecule has 1 aliphatic rings. The van der Waals surface area contributed by atoms with Crippen molar-refractivity contribution in [1.29, 1.82) is 0 Å². The number of benzene rings is 11. The molecule has 0 N–H and O–H groups in total. The van der Waals surface area contributed by atoms with Crippen molar-refractivity contribution < 1.29 is 0 Å². The maximum atomic E-state index is 2.42. The average molecular weight is 788 g/mol. The van der Waals surface area contributed by atoms with Crippen molar-refractivity contribution in [2.75, 3.05) is 4.90 Å². The Morgan fingerprint density at radius 1 is 0.242 bits per heavy atom. The molecule has 12 rings (SSSR count). The summed E-state index contributed by atoms with van der Waals surface area (Å²) < 4.78 is 0. The minimum Gasteiger partial charge on any atom is -0.310 e. The SMILES string of the molecule is c1ccc(-c2ccc(N(c3ccc(-c4ccc5c6ccccc6c6ccccc6c5c4)cc3)c3ccc4c(c3)-c3ccccc3C4(c3ccccc3)c3ccccc3)cc2)cc1. The zero-order valence-corrected chi connectivity index (χ0v) is 34.1. The van der Waals surface area contributed by atoms with E-state index in [4.69, 9.17) is 0 Å². The largest absolute Gasteiger partial charge is 0.310 e. The molecule has 0 amide bonds. The van der Waals surface area contributed by atoms with Gasteiger partial charge in [0.15, 0.2) is 0 Å². The average Bonchev–Trinajstić information content (AvgIpc) is 3.66. The topological polar surface area (TPSA) is 3.24 Å². The molecule has 0 saturated heterocycles. The maximum absolute atomic E-state index is 2.42. The van der Waals surface area contributed by atoms with E-state index in [1.807, 2.05) is 0 Å². The van der Waals surface area contributed by atoms with E-state index in [1.54, 1.807) is 0 Å². The van der Waals surface area contributed by atoms with Crippen LogP contribution in [0.15, 0.2) is 249 Å². The first kappa shape index (κ1) is 35.9. The molecule has 62 heavy (non-hydrogen) atoms. The van der Waals surface area contributed by atoms with Gasteiger partial charge in [-0.2, -0.15) is 0 Å². The summed E-state index contributed by atoms with van der Waals surface area (Å²) in [5, 5.41) is 7.72. The molecular formula is C61H41N. The quantitative estimate of drug-likeness (QED) is 0.145. The summed E-state index contributed by atoms with van der Waals surface area (Å²) in [6.45, 7) is 0. The standard InChI is InChI=1S/C61H41N/c1-4-16-42(17-5-1)43-28-33-48(34-29-43)62(49-35-30-44(31-36-49)45-32-38-55-53-24-11-10-22-51(53)52-23-12-13-25-54(52)57(55)40-45)50-37-39-60-58(41-50)56-26-14-15-27-59(56)61(60,46-18-6-2-7-19-46)47-20-8-3-9-21-47/h1-41H. The fourth-order valence-corrected chi connectivity index (χ4v) is 10.3. The van der Waals surface area contributed by atoms with Crippen LogP contribution in [0.25, 0.3) is 65.7 Å². The molecule has 1 aliphatic carbocycles. The van der Waals surface area contributed by atoms with Gasteiger partial charge >= 0.3 is 0 Å². The zero-order valence-electron chi connectivity index (χ0n) is 34.1. The Hall–Kier alpha value is -8.00. The van der Waals surface area contributed by atoms with Crippen LogP contribution in [0.3, 0.4) is 0 Å². The van der Waals surface area contributed by atoms with Crippen LogP contribution >= 0.6 is 0 Å². The highest BCUT2D eigenvalue weighted by atomic mass is 15.1. The van der Waals surface area contributed by atoms with Crippen LogP contribution in [-0.4, -0.2) is 0 Å². The highest BCUT2D eigenvalue weighted by Gasteiger charge is 2.46. The Bertz CT molecular complexity index is 3350. The molecule has 0 fully saturated rings. The monoisotopic (exact) mass is 787 g/mol. The van der Waals surface area contributed by atoms with Gasteiger partial charge in [0.1, 0.15) is 0 Å². The van der Waals surface area contributed by atoms with Gasteiger partial charge in [-0.3, -0.25) is 0 Å². The second kappa shape index (κ2) is 14.6. The lowest BCUT2D eigenvalue weighted by molar-refractivity contribution is 0.768. The molecule has 0 atom stereocenters. The van der Waals surface area contributed by atoms with Gasteiger partial charge in [-0.05, 0) is 130 Å². The van der Waals surface area contributed by atoms with Crippen molar-refractivity contribution in [2.45, 2.75) is 5.41 Å². The van der Waals surface area contributed by atoms with E-state index >= 15 is 0 Å². The van der Waals surface area contributed by atoms with Crippen LogP contribution in [0.4, 0.5) is 17.1 Å². The van der Waals surface area contributed by atoms with Gasteiger partial charge in [-0.25, -0.2) is 0 Å². The van der Waals surface area contributed by atoms with Crippen molar-refractivity contribution in [3.63, 3.8) is 0 Å². The summed E-state index contributed by atoms with van der Waals surface area (Å²) in [7, 11) is 0. The number of fused-ring (bicyclic) bond motifs is 9. The third-order valence-corrected chi connectivity index (χ3v) is 13.1. The first-order valence-corrected chi connectivity index (χ1v) is 21.5. The third kappa shape index (κ3) is 5.63. The van der Waals surface area contributed by atoms with Gasteiger partial charge < -0.3 is 4.90 Å². The third-order valence-electron chi connectivity index (χ3n) is 13.1. The number of anilines is 3. The van der Waals surface area contributed by atoms with Crippen molar-refractivity contribution in [1.82, 2.24) is 0 Å². The first-order valence-electron chi connectivity index (χ1n) is 21.5. The van der Waals surface area contributed by atoms with Gasteiger partial charge in [0.25, 0.3) is 0 Å². The zero-order chi connectivity index (χ0) is 41.0. The van der Waals surface area contributed by atoms with E-state index in [2.05, 4.69) is 254 Å². The predicted molar refractivity (Wildman–Crippen MR) is 262 cm³/mol. The summed E-state index contributed by atoms with van der Waals surface area (Å²) >= 11 is 0. The minimum atomic E-state index is -0.450. The van der Waals surface area contributed by atoms with Gasteiger partial charge in [-0.1, -0.05) is 206 Å². The number of nitrogens with zero attached hydrogens (tertiary/aromatic N) is 1. The Balaban J connectivity index is 1.01. The van der Waals surface area contributed by atoms with E-state index in [0.717, 1.165) is 17.1 Å². The van der Waals surface area contributed by atoms with Crippen molar-refractivity contribution in [3.8, 4) is 33.4 Å². The Morgan fingerprint density at radius 3 is 1.23 bits per heavy atom. The molecular weight excluding hydrogens is 747 g/mol. The number of hydrogen-bond donors (Lipinski definition) is 0. The molecule has 11 aromatic carbocycles. The van der Waals surface area contributed by atoms with Crippen LogP contribution in [0, 0.1) is 0 Å². The molecule has 0 bridgehead atoms. The van der Waals surface area contributed by atoms with E-state index < -0.39 is 5.41 Å². The Morgan fingerprint density at radius 2 is 0.645 bits per heavy atom. The van der Waals surface area contributed by atoms with Gasteiger partial charge in [-0.15, -0.1) is 0 Å². The molecule has 0 aromatic heterocycles. The van der Waals surface area contributed by atoms with E-state index in [9.17, 15) is 0 Å². The van der Waals surface area contributed by atoms with Crippen molar-refractivity contribution in [3.05, 3.63) is 271 Å². The maximum Gasteiger partial charge on any atom is 0.0713 e. The van der Waals surface area contributed by atoms with E-state index in [-0.39, 0.29) is 0 Å². The molecule has 0 unspecified atom stereocenters. The predicted octanol–water partition coefficient (Wildman–Crippen LogP) is 16.3. The number of rotatable bonds is 7. The second-order valence-corrected chi connectivity index (χ2v) is 16.4. The van der Waals surface area contributed by atoms with Crippen LogP contribution in [0.1, 0.15) is 22.3 Å².